The smallest absolute Gasteiger partial charge is 0.267 e. The summed E-state index contributed by atoms with van der Waals surface area (Å²) in [4.78, 5) is 16.9. The van der Waals surface area contributed by atoms with Gasteiger partial charge in [0, 0.05) is 6.42 Å². The molecule has 0 bridgehead atoms. The second-order valence-electron chi connectivity index (χ2n) is 5.49. The van der Waals surface area contributed by atoms with Gasteiger partial charge in [0.15, 0.2) is 11.2 Å². The lowest BCUT2D eigenvalue weighted by Gasteiger charge is -2.09. The Bertz CT molecular complexity index is 881. The molecule has 0 saturated heterocycles. The molecule has 1 atom stereocenters. The quantitative estimate of drug-likeness (QED) is 0.788. The first-order valence-electron chi connectivity index (χ1n) is 7.82. The molecule has 1 amide bonds. The molecule has 1 aliphatic heterocycles. The number of carbonyl (C=O) groups is 1. The summed E-state index contributed by atoms with van der Waals surface area (Å²) < 4.78 is 12.2. The predicted molar refractivity (Wildman–Crippen MR) is 94.0 cm³/mol. The van der Waals surface area contributed by atoms with Crippen molar-refractivity contribution in [2.45, 2.75) is 19.4 Å². The summed E-state index contributed by atoms with van der Waals surface area (Å²) in [7, 11) is 0. The van der Waals surface area contributed by atoms with E-state index in [2.05, 4.69) is 10.3 Å². The average molecular weight is 340 g/mol. The third-order valence-corrected chi connectivity index (χ3v) is 4.77. The number of benzene rings is 2. The van der Waals surface area contributed by atoms with Gasteiger partial charge < -0.3 is 9.47 Å². The highest BCUT2D eigenvalue weighted by atomic mass is 32.1. The standard InChI is InChI=1S/C18H16N2O3S/c1-2-22-12-7-8-13-16(10-12)24-18(19-13)20-17(21)15-9-11-5-3-4-6-14(11)23-15/h3-8,10,15H,2,9H2,1H3,(H,19,20,21). The fourth-order valence-electron chi connectivity index (χ4n) is 2.73. The van der Waals surface area contributed by atoms with Crippen molar-refractivity contribution >= 4 is 32.6 Å². The lowest BCUT2D eigenvalue weighted by molar-refractivity contribution is -0.122. The van der Waals surface area contributed by atoms with E-state index in [-0.39, 0.29) is 5.91 Å². The second-order valence-corrected chi connectivity index (χ2v) is 6.52. The number of para-hydroxylation sites is 1. The van der Waals surface area contributed by atoms with Crippen LogP contribution < -0.4 is 14.8 Å². The first-order valence-corrected chi connectivity index (χ1v) is 8.63. The van der Waals surface area contributed by atoms with E-state index in [4.69, 9.17) is 9.47 Å². The molecule has 122 valence electrons. The van der Waals surface area contributed by atoms with Crippen LogP contribution in [0.25, 0.3) is 10.2 Å². The Kier molecular flexibility index (Phi) is 3.82. The number of thiazole rings is 1. The fourth-order valence-corrected chi connectivity index (χ4v) is 3.63. The van der Waals surface area contributed by atoms with Crippen molar-refractivity contribution in [3.05, 3.63) is 48.0 Å². The van der Waals surface area contributed by atoms with Gasteiger partial charge in [-0.1, -0.05) is 29.5 Å². The van der Waals surface area contributed by atoms with Crippen LogP contribution in [0.3, 0.4) is 0 Å². The Morgan fingerprint density at radius 3 is 3.08 bits per heavy atom. The molecule has 2 aromatic carbocycles. The van der Waals surface area contributed by atoms with Crippen LogP contribution in [-0.2, 0) is 11.2 Å². The largest absolute Gasteiger partial charge is 0.494 e. The number of nitrogens with zero attached hydrogens (tertiary/aromatic N) is 1. The molecule has 0 saturated carbocycles. The summed E-state index contributed by atoms with van der Waals surface area (Å²) >= 11 is 1.43. The zero-order valence-electron chi connectivity index (χ0n) is 13.1. The van der Waals surface area contributed by atoms with E-state index in [1.54, 1.807) is 0 Å². The number of hydrogen-bond acceptors (Lipinski definition) is 5. The molecule has 4 rings (SSSR count). The van der Waals surface area contributed by atoms with Gasteiger partial charge in [0.25, 0.3) is 5.91 Å². The number of anilines is 1. The third-order valence-electron chi connectivity index (χ3n) is 3.84. The third kappa shape index (κ3) is 2.80. The minimum atomic E-state index is -0.506. The Labute approximate surface area is 143 Å². The normalized spacial score (nSPS) is 15.8. The van der Waals surface area contributed by atoms with Crippen molar-refractivity contribution in [3.8, 4) is 11.5 Å². The summed E-state index contributed by atoms with van der Waals surface area (Å²) in [6.45, 7) is 2.57. The van der Waals surface area contributed by atoms with Crippen molar-refractivity contribution in [2.24, 2.45) is 0 Å². The van der Waals surface area contributed by atoms with Gasteiger partial charge in [-0.05, 0) is 36.8 Å². The fraction of sp³-hybridized carbons (Fsp3) is 0.222. The zero-order chi connectivity index (χ0) is 16.5. The zero-order valence-corrected chi connectivity index (χ0v) is 13.9. The van der Waals surface area contributed by atoms with Gasteiger partial charge in [0.05, 0.1) is 16.8 Å². The number of amides is 1. The SMILES string of the molecule is CCOc1ccc2nc(NC(=O)C3Cc4ccccc4O3)sc2c1. The van der Waals surface area contributed by atoms with Crippen molar-refractivity contribution in [1.29, 1.82) is 0 Å². The van der Waals surface area contributed by atoms with Gasteiger partial charge in [0.1, 0.15) is 11.5 Å². The van der Waals surface area contributed by atoms with Gasteiger partial charge in [-0.25, -0.2) is 4.98 Å². The molecule has 0 aliphatic carbocycles. The summed E-state index contributed by atoms with van der Waals surface area (Å²) in [5.74, 6) is 1.42. The van der Waals surface area contributed by atoms with Crippen LogP contribution in [0, 0.1) is 0 Å². The average Bonchev–Trinajstić information content (AvgIpc) is 3.17. The van der Waals surface area contributed by atoms with Gasteiger partial charge in [-0.15, -0.1) is 0 Å². The maximum Gasteiger partial charge on any atom is 0.267 e. The summed E-state index contributed by atoms with van der Waals surface area (Å²) in [5, 5.41) is 3.43. The maximum absolute atomic E-state index is 12.4. The summed E-state index contributed by atoms with van der Waals surface area (Å²) in [6.07, 6.45) is 0.0786. The van der Waals surface area contributed by atoms with Crippen molar-refractivity contribution < 1.29 is 14.3 Å². The predicted octanol–water partition coefficient (Wildman–Crippen LogP) is 3.64. The second kappa shape index (κ2) is 6.13. The van der Waals surface area contributed by atoms with Crippen LogP contribution in [0.4, 0.5) is 5.13 Å². The lowest BCUT2D eigenvalue weighted by atomic mass is 10.1. The minimum absolute atomic E-state index is 0.171. The number of hydrogen-bond donors (Lipinski definition) is 1. The molecule has 2 heterocycles. The number of ether oxygens (including phenoxy) is 2. The molecule has 0 spiro atoms. The molecule has 1 aromatic heterocycles. The van der Waals surface area contributed by atoms with Crippen molar-refractivity contribution in [2.75, 3.05) is 11.9 Å². The molecule has 1 unspecified atom stereocenters. The van der Waals surface area contributed by atoms with Crippen LogP contribution in [0.15, 0.2) is 42.5 Å². The van der Waals surface area contributed by atoms with Crippen LogP contribution >= 0.6 is 11.3 Å². The van der Waals surface area contributed by atoms with Gasteiger partial charge in [-0.3, -0.25) is 10.1 Å². The van der Waals surface area contributed by atoms with Crippen LogP contribution in [-0.4, -0.2) is 23.6 Å². The molecule has 3 aromatic rings. The van der Waals surface area contributed by atoms with E-state index >= 15 is 0 Å². The minimum Gasteiger partial charge on any atom is -0.494 e. The number of aromatic nitrogens is 1. The highest BCUT2D eigenvalue weighted by Crippen LogP contribution is 2.31. The summed E-state index contributed by atoms with van der Waals surface area (Å²) in [5.41, 5.74) is 1.90. The van der Waals surface area contributed by atoms with E-state index in [9.17, 15) is 4.79 Å². The van der Waals surface area contributed by atoms with Crippen LogP contribution in [0.1, 0.15) is 12.5 Å². The summed E-state index contributed by atoms with van der Waals surface area (Å²) in [6, 6.07) is 13.4. The first kappa shape index (κ1) is 15.0. The molecule has 1 N–H and O–H groups in total. The van der Waals surface area contributed by atoms with Crippen LogP contribution in [0.5, 0.6) is 11.5 Å². The molecule has 24 heavy (non-hydrogen) atoms. The first-order chi connectivity index (χ1) is 11.7. The Hall–Kier alpha value is -2.60. The molecule has 6 heteroatoms. The van der Waals surface area contributed by atoms with Gasteiger partial charge in [-0.2, -0.15) is 0 Å². The molecule has 0 radical (unpaired) electrons. The van der Waals surface area contributed by atoms with Crippen molar-refractivity contribution in [1.82, 2.24) is 4.98 Å². The van der Waals surface area contributed by atoms with E-state index < -0.39 is 6.10 Å². The Balaban J connectivity index is 1.49. The number of carbonyl (C=O) groups excluding carboxylic acids is 1. The van der Waals surface area contributed by atoms with E-state index in [0.717, 1.165) is 27.3 Å². The lowest BCUT2D eigenvalue weighted by Crippen LogP contribution is -2.31. The molecular weight excluding hydrogens is 324 g/mol. The van der Waals surface area contributed by atoms with Gasteiger partial charge in [0.2, 0.25) is 0 Å². The number of nitrogens with one attached hydrogen (secondary N) is 1. The highest BCUT2D eigenvalue weighted by Gasteiger charge is 2.29. The maximum atomic E-state index is 12.4. The monoisotopic (exact) mass is 340 g/mol. The Morgan fingerprint density at radius 1 is 1.38 bits per heavy atom. The van der Waals surface area contributed by atoms with Crippen LogP contribution in [0.2, 0.25) is 0 Å². The van der Waals surface area contributed by atoms with Crippen molar-refractivity contribution in [3.63, 3.8) is 0 Å². The van der Waals surface area contributed by atoms with E-state index in [1.807, 2.05) is 49.4 Å². The highest BCUT2D eigenvalue weighted by molar-refractivity contribution is 7.22. The Morgan fingerprint density at radius 2 is 2.25 bits per heavy atom. The van der Waals surface area contributed by atoms with Gasteiger partial charge >= 0.3 is 0 Å². The number of rotatable bonds is 4. The van der Waals surface area contributed by atoms with E-state index in [1.165, 1.54) is 11.3 Å². The molecule has 0 fully saturated rings. The van der Waals surface area contributed by atoms with E-state index in [0.29, 0.717) is 18.2 Å². The topological polar surface area (TPSA) is 60.5 Å². The molecule has 1 aliphatic rings. The number of fused-ring (bicyclic) bond motifs is 2. The molecular formula is C18H16N2O3S. The molecule has 5 nitrogen and oxygen atoms in total.